The van der Waals surface area contributed by atoms with E-state index in [2.05, 4.69) is 25.5 Å². The number of aromatic nitrogens is 4. The minimum atomic E-state index is 0.301. The molecule has 0 bridgehead atoms. The molecule has 0 saturated carbocycles. The molecule has 0 aromatic carbocycles. The number of aryl methyl sites for hydroxylation is 1. The van der Waals surface area contributed by atoms with Crippen LogP contribution in [0.25, 0.3) is 0 Å². The standard InChI is InChI=1S/C9H12N6/c1-6-3-2-4-11-7(6)5-12-9-13-8(10)14-15-9/h2-4H,5H2,1H3,(H4,10,12,13,14,15). The summed E-state index contributed by atoms with van der Waals surface area (Å²) in [5.74, 6) is 0.785. The van der Waals surface area contributed by atoms with E-state index in [4.69, 9.17) is 5.73 Å². The SMILES string of the molecule is Cc1cccnc1CNc1n[nH]c(N)n1. The van der Waals surface area contributed by atoms with E-state index in [9.17, 15) is 0 Å². The van der Waals surface area contributed by atoms with Gasteiger partial charge in [0.1, 0.15) is 0 Å². The second kappa shape index (κ2) is 3.95. The summed E-state index contributed by atoms with van der Waals surface area (Å²) in [5, 5.41) is 9.44. The first-order valence-electron chi connectivity index (χ1n) is 4.58. The molecule has 0 saturated heterocycles. The number of nitrogens with two attached hydrogens (primary N) is 1. The molecule has 0 aliphatic heterocycles. The number of anilines is 2. The van der Waals surface area contributed by atoms with Gasteiger partial charge >= 0.3 is 0 Å². The molecule has 0 aliphatic carbocycles. The number of rotatable bonds is 3. The largest absolute Gasteiger partial charge is 0.368 e. The highest BCUT2D eigenvalue weighted by Gasteiger charge is 2.01. The Morgan fingerprint density at radius 3 is 3.07 bits per heavy atom. The van der Waals surface area contributed by atoms with Crippen LogP contribution in [0.15, 0.2) is 18.3 Å². The quantitative estimate of drug-likeness (QED) is 0.684. The van der Waals surface area contributed by atoms with E-state index >= 15 is 0 Å². The molecule has 15 heavy (non-hydrogen) atoms. The number of H-pyrrole nitrogens is 1. The van der Waals surface area contributed by atoms with Crippen LogP contribution in [0.1, 0.15) is 11.3 Å². The Hall–Kier alpha value is -2.11. The van der Waals surface area contributed by atoms with Crippen LogP contribution in [0.3, 0.4) is 0 Å². The van der Waals surface area contributed by atoms with Gasteiger partial charge in [-0.1, -0.05) is 6.07 Å². The van der Waals surface area contributed by atoms with Crippen molar-refractivity contribution >= 4 is 11.9 Å². The fourth-order valence-corrected chi connectivity index (χ4v) is 1.22. The number of nitrogens with one attached hydrogen (secondary N) is 2. The minimum absolute atomic E-state index is 0.301. The Kier molecular flexibility index (Phi) is 2.49. The van der Waals surface area contributed by atoms with Crippen molar-refractivity contribution in [1.29, 1.82) is 0 Å². The summed E-state index contributed by atoms with van der Waals surface area (Å²) in [6.07, 6.45) is 1.76. The summed E-state index contributed by atoms with van der Waals surface area (Å²) in [6.45, 7) is 2.60. The van der Waals surface area contributed by atoms with Crippen LogP contribution in [-0.2, 0) is 6.54 Å². The lowest BCUT2D eigenvalue weighted by atomic mass is 10.2. The third kappa shape index (κ3) is 2.22. The second-order valence-electron chi connectivity index (χ2n) is 3.16. The first-order chi connectivity index (χ1) is 7.25. The fourth-order valence-electron chi connectivity index (χ4n) is 1.22. The van der Waals surface area contributed by atoms with E-state index in [1.807, 2.05) is 19.1 Å². The Balaban J connectivity index is 2.02. The maximum atomic E-state index is 5.39. The summed E-state index contributed by atoms with van der Waals surface area (Å²) in [6, 6.07) is 3.92. The number of hydrogen-bond acceptors (Lipinski definition) is 5. The van der Waals surface area contributed by atoms with Gasteiger partial charge in [-0.2, -0.15) is 4.98 Å². The number of hydrogen-bond donors (Lipinski definition) is 3. The topological polar surface area (TPSA) is 92.5 Å². The lowest BCUT2D eigenvalue weighted by Gasteiger charge is -2.03. The Labute approximate surface area is 86.9 Å². The number of pyridine rings is 1. The monoisotopic (exact) mass is 204 g/mol. The summed E-state index contributed by atoms with van der Waals surface area (Å²) >= 11 is 0. The summed E-state index contributed by atoms with van der Waals surface area (Å²) in [4.78, 5) is 8.17. The lowest BCUT2D eigenvalue weighted by molar-refractivity contribution is 0.984. The van der Waals surface area contributed by atoms with E-state index in [-0.39, 0.29) is 0 Å². The number of aromatic amines is 1. The molecule has 0 amide bonds. The Morgan fingerprint density at radius 2 is 2.40 bits per heavy atom. The molecule has 2 aromatic heterocycles. The molecule has 2 rings (SSSR count). The van der Waals surface area contributed by atoms with Crippen molar-refractivity contribution in [3.8, 4) is 0 Å². The molecule has 0 spiro atoms. The van der Waals surface area contributed by atoms with E-state index in [0.29, 0.717) is 18.4 Å². The predicted molar refractivity (Wildman–Crippen MR) is 57.1 cm³/mol. The van der Waals surface area contributed by atoms with Crippen molar-refractivity contribution < 1.29 is 0 Å². The van der Waals surface area contributed by atoms with Gasteiger partial charge in [-0.25, -0.2) is 5.10 Å². The molecule has 2 aromatic rings. The normalized spacial score (nSPS) is 10.2. The van der Waals surface area contributed by atoms with Crippen LogP contribution in [0.5, 0.6) is 0 Å². The van der Waals surface area contributed by atoms with Crippen molar-refractivity contribution in [1.82, 2.24) is 20.2 Å². The van der Waals surface area contributed by atoms with Crippen LogP contribution in [0.2, 0.25) is 0 Å². The third-order valence-corrected chi connectivity index (χ3v) is 2.03. The summed E-state index contributed by atoms with van der Waals surface area (Å²) < 4.78 is 0. The first kappa shape index (κ1) is 9.45. The van der Waals surface area contributed by atoms with Gasteiger partial charge in [0.15, 0.2) is 0 Å². The van der Waals surface area contributed by atoms with Crippen LogP contribution >= 0.6 is 0 Å². The molecule has 0 unspecified atom stereocenters. The van der Waals surface area contributed by atoms with Crippen molar-refractivity contribution in [3.63, 3.8) is 0 Å². The van der Waals surface area contributed by atoms with Crippen LogP contribution in [-0.4, -0.2) is 20.2 Å². The number of nitrogen functional groups attached to an aromatic ring is 1. The van der Waals surface area contributed by atoms with E-state index in [1.165, 1.54) is 0 Å². The van der Waals surface area contributed by atoms with E-state index in [1.54, 1.807) is 6.20 Å². The highest BCUT2D eigenvalue weighted by atomic mass is 15.3. The van der Waals surface area contributed by atoms with Crippen molar-refractivity contribution in [2.75, 3.05) is 11.1 Å². The van der Waals surface area contributed by atoms with Crippen LogP contribution in [0, 0.1) is 6.92 Å². The molecule has 4 N–H and O–H groups in total. The average Bonchev–Trinajstić information content (AvgIpc) is 2.63. The smallest absolute Gasteiger partial charge is 0.243 e. The predicted octanol–water partition coefficient (Wildman–Crippen LogP) is 0.702. The van der Waals surface area contributed by atoms with Gasteiger partial charge in [-0.3, -0.25) is 4.98 Å². The van der Waals surface area contributed by atoms with Crippen LogP contribution in [0.4, 0.5) is 11.9 Å². The maximum Gasteiger partial charge on any atom is 0.243 e. The van der Waals surface area contributed by atoms with Gasteiger partial charge in [0.25, 0.3) is 0 Å². The van der Waals surface area contributed by atoms with E-state index in [0.717, 1.165) is 11.3 Å². The summed E-state index contributed by atoms with van der Waals surface area (Å²) in [7, 11) is 0. The highest BCUT2D eigenvalue weighted by Crippen LogP contribution is 2.06. The maximum absolute atomic E-state index is 5.39. The molecule has 0 radical (unpaired) electrons. The average molecular weight is 204 g/mol. The highest BCUT2D eigenvalue weighted by molar-refractivity contribution is 5.31. The number of nitrogens with zero attached hydrogens (tertiary/aromatic N) is 3. The molecule has 78 valence electrons. The molecule has 2 heterocycles. The zero-order valence-corrected chi connectivity index (χ0v) is 8.36. The van der Waals surface area contributed by atoms with Gasteiger partial charge < -0.3 is 11.1 Å². The van der Waals surface area contributed by atoms with Gasteiger partial charge in [0.05, 0.1) is 12.2 Å². The molecule has 0 fully saturated rings. The molecule has 0 aliphatic rings. The van der Waals surface area contributed by atoms with Crippen molar-refractivity contribution in [2.45, 2.75) is 13.5 Å². The van der Waals surface area contributed by atoms with Gasteiger partial charge in [0.2, 0.25) is 11.9 Å². The van der Waals surface area contributed by atoms with Gasteiger partial charge in [0, 0.05) is 6.20 Å². The third-order valence-electron chi connectivity index (χ3n) is 2.03. The minimum Gasteiger partial charge on any atom is -0.368 e. The molecule has 0 atom stereocenters. The fraction of sp³-hybridized carbons (Fsp3) is 0.222. The van der Waals surface area contributed by atoms with Gasteiger partial charge in [-0.15, -0.1) is 5.10 Å². The van der Waals surface area contributed by atoms with Crippen molar-refractivity contribution in [2.24, 2.45) is 0 Å². The molecular weight excluding hydrogens is 192 g/mol. The Morgan fingerprint density at radius 1 is 1.53 bits per heavy atom. The Bertz CT molecular complexity index is 449. The van der Waals surface area contributed by atoms with Crippen molar-refractivity contribution in [3.05, 3.63) is 29.6 Å². The van der Waals surface area contributed by atoms with Gasteiger partial charge in [-0.05, 0) is 18.6 Å². The lowest BCUT2D eigenvalue weighted by Crippen LogP contribution is -2.04. The zero-order chi connectivity index (χ0) is 10.7. The summed E-state index contributed by atoms with van der Waals surface area (Å²) in [5.41, 5.74) is 7.50. The van der Waals surface area contributed by atoms with Crippen LogP contribution < -0.4 is 11.1 Å². The second-order valence-corrected chi connectivity index (χ2v) is 3.16. The molecule has 6 nitrogen and oxygen atoms in total. The first-order valence-corrected chi connectivity index (χ1v) is 4.58. The molecular formula is C9H12N6. The van der Waals surface area contributed by atoms with E-state index < -0.39 is 0 Å². The molecule has 6 heteroatoms. The zero-order valence-electron chi connectivity index (χ0n) is 8.36.